The van der Waals surface area contributed by atoms with Gasteiger partial charge in [-0.15, -0.1) is 0 Å². The minimum Gasteiger partial charge on any atom is -0.338 e. The van der Waals surface area contributed by atoms with Crippen molar-refractivity contribution < 1.29 is 4.79 Å². The highest BCUT2D eigenvalue weighted by molar-refractivity contribution is 5.93. The van der Waals surface area contributed by atoms with Crippen molar-refractivity contribution in [1.29, 1.82) is 0 Å². The molecule has 2 aromatic carbocycles. The van der Waals surface area contributed by atoms with Gasteiger partial charge in [-0.1, -0.05) is 36.4 Å². The van der Waals surface area contributed by atoms with Crippen LogP contribution in [0.4, 0.5) is 5.69 Å². The Balaban J connectivity index is 1.53. The fourth-order valence-electron chi connectivity index (χ4n) is 2.91. The molecule has 0 aliphatic heterocycles. The number of aromatic amines is 1. The van der Waals surface area contributed by atoms with E-state index >= 15 is 0 Å². The number of anilines is 1. The molecule has 0 spiro atoms. The van der Waals surface area contributed by atoms with Gasteiger partial charge in [-0.3, -0.25) is 9.78 Å². The van der Waals surface area contributed by atoms with Crippen molar-refractivity contribution >= 4 is 22.6 Å². The predicted molar refractivity (Wildman–Crippen MR) is 103 cm³/mol. The minimum absolute atomic E-state index is 0.0576. The first-order chi connectivity index (χ1) is 12.7. The smallest absolute Gasteiger partial charge is 0.228 e. The average Bonchev–Trinajstić information content (AvgIpc) is 3.06. The van der Waals surface area contributed by atoms with Crippen LogP contribution < -0.4 is 5.32 Å². The Morgan fingerprint density at radius 3 is 2.73 bits per heavy atom. The van der Waals surface area contributed by atoms with Gasteiger partial charge in [-0.2, -0.15) is 0 Å². The van der Waals surface area contributed by atoms with E-state index in [4.69, 9.17) is 0 Å². The lowest BCUT2D eigenvalue weighted by Crippen LogP contribution is -2.14. The van der Waals surface area contributed by atoms with Crippen LogP contribution in [-0.2, 0) is 11.2 Å². The van der Waals surface area contributed by atoms with E-state index in [1.165, 1.54) is 0 Å². The topological polar surface area (TPSA) is 70.7 Å². The van der Waals surface area contributed by atoms with Gasteiger partial charge in [0, 0.05) is 23.1 Å². The molecule has 0 bridgehead atoms. The fraction of sp³-hybridized carbons (Fsp3) is 0.0952. The number of carbonyl (C=O) groups is 1. The number of aromatic nitrogens is 3. The monoisotopic (exact) mass is 342 g/mol. The second-order valence-corrected chi connectivity index (χ2v) is 6.21. The first-order valence-electron chi connectivity index (χ1n) is 8.44. The lowest BCUT2D eigenvalue weighted by molar-refractivity contribution is -0.115. The van der Waals surface area contributed by atoms with E-state index in [0.29, 0.717) is 6.42 Å². The zero-order valence-electron chi connectivity index (χ0n) is 14.4. The Hall–Kier alpha value is -3.47. The van der Waals surface area contributed by atoms with Crippen molar-refractivity contribution in [2.75, 3.05) is 5.32 Å². The van der Waals surface area contributed by atoms with E-state index < -0.39 is 0 Å². The quantitative estimate of drug-likeness (QED) is 0.586. The van der Waals surface area contributed by atoms with Crippen LogP contribution in [0.2, 0.25) is 0 Å². The highest BCUT2D eigenvalue weighted by atomic mass is 16.1. The van der Waals surface area contributed by atoms with Crippen molar-refractivity contribution in [2.24, 2.45) is 0 Å². The maximum atomic E-state index is 12.3. The van der Waals surface area contributed by atoms with E-state index in [0.717, 1.165) is 39.4 Å². The molecule has 4 rings (SSSR count). The Kier molecular flexibility index (Phi) is 4.19. The molecule has 2 heterocycles. The zero-order valence-corrected chi connectivity index (χ0v) is 14.4. The Morgan fingerprint density at radius 2 is 1.92 bits per heavy atom. The number of nitrogens with one attached hydrogen (secondary N) is 2. The largest absolute Gasteiger partial charge is 0.338 e. The summed E-state index contributed by atoms with van der Waals surface area (Å²) >= 11 is 0. The number of aryl methyl sites for hydroxylation is 1. The van der Waals surface area contributed by atoms with Gasteiger partial charge >= 0.3 is 0 Å². The number of amides is 1. The molecule has 0 fully saturated rings. The second-order valence-electron chi connectivity index (χ2n) is 6.21. The summed E-state index contributed by atoms with van der Waals surface area (Å²) in [6.45, 7) is 1.89. The van der Waals surface area contributed by atoms with Crippen LogP contribution in [0.15, 0.2) is 66.9 Å². The average molecular weight is 342 g/mol. The maximum Gasteiger partial charge on any atom is 0.228 e. The summed E-state index contributed by atoms with van der Waals surface area (Å²) in [5.41, 5.74) is 5.42. The summed E-state index contributed by atoms with van der Waals surface area (Å²) in [6, 6.07) is 19.5. The van der Waals surface area contributed by atoms with Gasteiger partial charge in [0.25, 0.3) is 0 Å². The summed E-state index contributed by atoms with van der Waals surface area (Å²) in [7, 11) is 0. The number of rotatable bonds is 4. The van der Waals surface area contributed by atoms with Crippen LogP contribution in [0, 0.1) is 6.92 Å². The van der Waals surface area contributed by atoms with Crippen molar-refractivity contribution in [3.05, 3.63) is 78.1 Å². The van der Waals surface area contributed by atoms with Crippen molar-refractivity contribution in [2.45, 2.75) is 13.3 Å². The summed E-state index contributed by atoms with van der Waals surface area (Å²) in [5, 5.41) is 2.91. The van der Waals surface area contributed by atoms with Gasteiger partial charge in [0.1, 0.15) is 5.82 Å². The van der Waals surface area contributed by atoms with Gasteiger partial charge in [0.15, 0.2) is 0 Å². The van der Waals surface area contributed by atoms with Gasteiger partial charge in [-0.05, 0) is 36.8 Å². The molecule has 5 nitrogen and oxygen atoms in total. The lowest BCUT2D eigenvalue weighted by atomic mass is 10.1. The third-order valence-electron chi connectivity index (χ3n) is 4.14. The standard InChI is InChI=1S/C21H18N4O/c1-14-11-17(9-10-22-14)23-20(26)13-15-7-8-18-19(12-15)25-21(24-18)16-5-3-2-4-6-16/h2-12H,13H2,1H3,(H,24,25)(H,22,23,26). The van der Waals surface area contributed by atoms with Crippen molar-refractivity contribution in [3.63, 3.8) is 0 Å². The number of nitrogens with zero attached hydrogens (tertiary/aromatic N) is 2. The predicted octanol–water partition coefficient (Wildman–Crippen LogP) is 4.11. The summed E-state index contributed by atoms with van der Waals surface area (Å²) in [6.07, 6.45) is 1.99. The van der Waals surface area contributed by atoms with Crippen LogP contribution in [0.3, 0.4) is 0 Å². The molecule has 0 aliphatic rings. The molecule has 2 N–H and O–H groups in total. The molecule has 4 aromatic rings. The van der Waals surface area contributed by atoms with E-state index in [9.17, 15) is 4.79 Å². The molecule has 0 saturated carbocycles. The molecule has 0 atom stereocenters. The number of fused-ring (bicyclic) bond motifs is 1. The van der Waals surface area contributed by atoms with E-state index in [1.807, 2.05) is 61.5 Å². The highest BCUT2D eigenvalue weighted by Crippen LogP contribution is 2.21. The van der Waals surface area contributed by atoms with Crippen LogP contribution in [0.25, 0.3) is 22.4 Å². The number of H-pyrrole nitrogens is 1. The molecule has 0 saturated heterocycles. The van der Waals surface area contributed by atoms with Crippen LogP contribution in [0.1, 0.15) is 11.3 Å². The Labute approximate surface area is 151 Å². The Bertz CT molecular complexity index is 1070. The molecular formula is C21H18N4O. The molecular weight excluding hydrogens is 324 g/mol. The fourth-order valence-corrected chi connectivity index (χ4v) is 2.91. The summed E-state index contributed by atoms with van der Waals surface area (Å²) in [5.74, 6) is 0.771. The number of hydrogen-bond acceptors (Lipinski definition) is 3. The molecule has 0 unspecified atom stereocenters. The first kappa shape index (κ1) is 16.0. The van der Waals surface area contributed by atoms with Gasteiger partial charge in [0.2, 0.25) is 5.91 Å². The molecule has 0 aliphatic carbocycles. The molecule has 5 heteroatoms. The highest BCUT2D eigenvalue weighted by Gasteiger charge is 2.09. The number of pyridine rings is 1. The SMILES string of the molecule is Cc1cc(NC(=O)Cc2ccc3nc(-c4ccccc4)[nH]c3c2)ccn1. The van der Waals surface area contributed by atoms with E-state index in [1.54, 1.807) is 12.3 Å². The Morgan fingerprint density at radius 1 is 1.08 bits per heavy atom. The van der Waals surface area contributed by atoms with Gasteiger partial charge < -0.3 is 10.3 Å². The van der Waals surface area contributed by atoms with Gasteiger partial charge in [-0.25, -0.2) is 4.98 Å². The van der Waals surface area contributed by atoms with E-state index in [2.05, 4.69) is 20.3 Å². The van der Waals surface area contributed by atoms with Crippen molar-refractivity contribution in [3.8, 4) is 11.4 Å². The summed E-state index contributed by atoms with van der Waals surface area (Å²) < 4.78 is 0. The second kappa shape index (κ2) is 6.80. The summed E-state index contributed by atoms with van der Waals surface area (Å²) in [4.78, 5) is 24.4. The third-order valence-corrected chi connectivity index (χ3v) is 4.14. The van der Waals surface area contributed by atoms with Crippen LogP contribution >= 0.6 is 0 Å². The molecule has 26 heavy (non-hydrogen) atoms. The van der Waals surface area contributed by atoms with Crippen molar-refractivity contribution in [1.82, 2.24) is 15.0 Å². The van der Waals surface area contributed by atoms with Crippen LogP contribution in [0.5, 0.6) is 0 Å². The molecule has 2 aromatic heterocycles. The maximum absolute atomic E-state index is 12.3. The lowest BCUT2D eigenvalue weighted by Gasteiger charge is -2.06. The molecule has 0 radical (unpaired) electrons. The van der Waals surface area contributed by atoms with E-state index in [-0.39, 0.29) is 5.91 Å². The molecule has 1 amide bonds. The molecule has 128 valence electrons. The first-order valence-corrected chi connectivity index (χ1v) is 8.44. The third kappa shape index (κ3) is 3.47. The minimum atomic E-state index is -0.0576. The van der Waals surface area contributed by atoms with Gasteiger partial charge in [0.05, 0.1) is 17.5 Å². The number of imidazole rings is 1. The number of benzene rings is 2. The zero-order chi connectivity index (χ0) is 17.9. The van der Waals surface area contributed by atoms with Crippen LogP contribution in [-0.4, -0.2) is 20.9 Å². The number of hydrogen-bond donors (Lipinski definition) is 2. The normalized spacial score (nSPS) is 10.8. The number of carbonyl (C=O) groups excluding carboxylic acids is 1.